The second-order valence-electron chi connectivity index (χ2n) is 15.7. The van der Waals surface area contributed by atoms with Gasteiger partial charge in [0.2, 0.25) is 0 Å². The van der Waals surface area contributed by atoms with Gasteiger partial charge in [0.1, 0.15) is 35.4 Å². The molecule has 4 saturated heterocycles. The van der Waals surface area contributed by atoms with Gasteiger partial charge >= 0.3 is 12.1 Å². The smallest absolute Gasteiger partial charge is 0.410 e. The van der Waals surface area contributed by atoms with Crippen LogP contribution in [0.25, 0.3) is 22.2 Å². The van der Waals surface area contributed by atoms with Crippen LogP contribution < -0.4 is 15.4 Å². The number of piperazine rings is 1. The van der Waals surface area contributed by atoms with Crippen molar-refractivity contribution < 1.29 is 23.0 Å². The van der Waals surface area contributed by atoms with Crippen LogP contribution in [0.4, 0.5) is 25.1 Å². The topological polar surface area (TPSA) is 110 Å². The van der Waals surface area contributed by atoms with Crippen LogP contribution in [0, 0.1) is 12.7 Å². The number of carbonyl (C=O) groups is 1. The molecule has 13 heteroatoms. The van der Waals surface area contributed by atoms with Gasteiger partial charge in [-0.15, -0.1) is 0 Å². The summed E-state index contributed by atoms with van der Waals surface area (Å²) in [4.78, 5) is 33.8. The van der Waals surface area contributed by atoms with Crippen LogP contribution in [0.15, 0.2) is 12.1 Å². The number of hydrogen-bond donors (Lipinski definition) is 1. The van der Waals surface area contributed by atoms with Gasteiger partial charge in [-0.25, -0.2) is 18.6 Å². The molecule has 4 aliphatic heterocycles. The summed E-state index contributed by atoms with van der Waals surface area (Å²) >= 11 is 6.69. The van der Waals surface area contributed by atoms with E-state index in [0.717, 1.165) is 50.6 Å². The molecular formula is C36H44ClF2N7O3. The van der Waals surface area contributed by atoms with Crippen molar-refractivity contribution in [2.45, 2.75) is 108 Å². The van der Waals surface area contributed by atoms with Gasteiger partial charge in [-0.3, -0.25) is 9.80 Å². The van der Waals surface area contributed by atoms with Crippen LogP contribution in [0.5, 0.6) is 6.01 Å². The fourth-order valence-electron chi connectivity index (χ4n) is 8.74. The van der Waals surface area contributed by atoms with E-state index < -0.39 is 23.1 Å². The zero-order chi connectivity index (χ0) is 34.4. The SMILES string of the molecule is Cc1nc(-c2cc(N)cc(Cl)c2C2CC2)c(F)c2nc(OC[C@@]34CCCN3C[C@H](F)C4)nc(N3C[C@H]4CC[C@@H](C3)N4C(=O)OC(C)(C)C)c12. The molecule has 2 bridgehead atoms. The molecule has 0 unspecified atom stereocenters. The number of aryl methyl sites for hydroxylation is 1. The van der Waals surface area contributed by atoms with Crippen LogP contribution in [0.1, 0.15) is 82.9 Å². The third-order valence-corrected chi connectivity index (χ3v) is 11.2. The number of fused-ring (bicyclic) bond motifs is 4. The molecule has 262 valence electrons. The third-order valence-electron chi connectivity index (χ3n) is 10.9. The Hall–Kier alpha value is -3.51. The molecule has 0 spiro atoms. The van der Waals surface area contributed by atoms with E-state index >= 15 is 4.39 Å². The van der Waals surface area contributed by atoms with E-state index in [1.54, 1.807) is 12.1 Å². The lowest BCUT2D eigenvalue weighted by atomic mass is 9.95. The van der Waals surface area contributed by atoms with Crippen molar-refractivity contribution in [1.29, 1.82) is 0 Å². The molecule has 1 saturated carbocycles. The summed E-state index contributed by atoms with van der Waals surface area (Å²) in [6.07, 6.45) is 4.54. The number of rotatable bonds is 6. The van der Waals surface area contributed by atoms with Crippen LogP contribution in [0.3, 0.4) is 0 Å². The number of pyridine rings is 1. The highest BCUT2D eigenvalue weighted by Gasteiger charge is 2.50. The summed E-state index contributed by atoms with van der Waals surface area (Å²) in [5.74, 6) is 0.134. The number of carbonyl (C=O) groups excluding carboxylic acids is 1. The Morgan fingerprint density at radius 3 is 2.53 bits per heavy atom. The van der Waals surface area contributed by atoms with Gasteiger partial charge in [0.25, 0.3) is 0 Å². The van der Waals surface area contributed by atoms with Crippen LogP contribution in [-0.4, -0.2) is 93.0 Å². The maximum Gasteiger partial charge on any atom is 0.410 e. The van der Waals surface area contributed by atoms with Crippen molar-refractivity contribution in [2.75, 3.05) is 43.4 Å². The molecule has 0 radical (unpaired) electrons. The van der Waals surface area contributed by atoms with Gasteiger partial charge in [-0.05, 0) is 96.4 Å². The Kier molecular flexibility index (Phi) is 7.86. The lowest BCUT2D eigenvalue weighted by Gasteiger charge is -2.42. The maximum atomic E-state index is 17.0. The molecule has 5 aliphatic rings. The van der Waals surface area contributed by atoms with E-state index in [1.807, 2.05) is 32.6 Å². The van der Waals surface area contributed by atoms with Crippen molar-refractivity contribution >= 4 is 40.1 Å². The largest absolute Gasteiger partial charge is 0.461 e. The highest BCUT2D eigenvalue weighted by Crippen LogP contribution is 2.49. The first kappa shape index (κ1) is 32.7. The van der Waals surface area contributed by atoms with E-state index in [4.69, 9.17) is 41.8 Å². The molecule has 1 aromatic carbocycles. The fourth-order valence-corrected chi connectivity index (χ4v) is 9.12. The van der Waals surface area contributed by atoms with Gasteiger partial charge in [0.15, 0.2) is 5.82 Å². The Labute approximate surface area is 290 Å². The summed E-state index contributed by atoms with van der Waals surface area (Å²) in [7, 11) is 0. The second kappa shape index (κ2) is 11.8. The van der Waals surface area contributed by atoms with Crippen molar-refractivity contribution in [2.24, 2.45) is 0 Å². The number of nitrogen functional groups attached to an aromatic ring is 1. The number of nitrogens with zero attached hydrogens (tertiary/aromatic N) is 6. The number of nitrogens with two attached hydrogens (primary N) is 1. The van der Waals surface area contributed by atoms with E-state index in [0.29, 0.717) is 59.2 Å². The van der Waals surface area contributed by atoms with Gasteiger partial charge in [0, 0.05) is 42.3 Å². The minimum Gasteiger partial charge on any atom is -0.461 e. The number of hydrogen-bond acceptors (Lipinski definition) is 9. The normalized spacial score (nSPS) is 26.9. The Morgan fingerprint density at radius 2 is 1.84 bits per heavy atom. The third kappa shape index (κ3) is 5.82. The molecule has 5 fully saturated rings. The molecule has 1 amide bonds. The quantitative estimate of drug-likeness (QED) is 0.279. The van der Waals surface area contributed by atoms with Gasteiger partial charge in [-0.1, -0.05) is 11.6 Å². The first-order valence-electron chi connectivity index (χ1n) is 17.6. The van der Waals surface area contributed by atoms with Gasteiger partial charge < -0.3 is 20.1 Å². The van der Waals surface area contributed by atoms with Crippen LogP contribution in [0.2, 0.25) is 5.02 Å². The fraction of sp³-hybridized carbons (Fsp3) is 0.611. The first-order chi connectivity index (χ1) is 23.3. The van der Waals surface area contributed by atoms with Gasteiger partial charge in [-0.2, -0.15) is 9.97 Å². The minimum atomic E-state index is -0.909. The molecule has 2 aromatic heterocycles. The van der Waals surface area contributed by atoms with Crippen molar-refractivity contribution in [3.8, 4) is 17.3 Å². The number of halogens is 3. The average molecular weight is 696 g/mol. The van der Waals surface area contributed by atoms with E-state index in [9.17, 15) is 9.18 Å². The zero-order valence-corrected chi connectivity index (χ0v) is 29.3. The average Bonchev–Trinajstić information content (AvgIpc) is 3.63. The molecule has 1 aliphatic carbocycles. The molecule has 49 heavy (non-hydrogen) atoms. The van der Waals surface area contributed by atoms with Crippen molar-refractivity contribution in [3.63, 3.8) is 0 Å². The van der Waals surface area contributed by atoms with E-state index in [2.05, 4.69) is 9.80 Å². The number of alkyl halides is 1. The number of amides is 1. The summed E-state index contributed by atoms with van der Waals surface area (Å²) < 4.78 is 43.8. The first-order valence-corrected chi connectivity index (χ1v) is 17.9. The maximum absolute atomic E-state index is 17.0. The summed E-state index contributed by atoms with van der Waals surface area (Å²) in [5, 5.41) is 0.998. The summed E-state index contributed by atoms with van der Waals surface area (Å²) in [5.41, 5.74) is 7.85. The van der Waals surface area contributed by atoms with Crippen LogP contribution >= 0.6 is 11.6 Å². The minimum absolute atomic E-state index is 0.0384. The summed E-state index contributed by atoms with van der Waals surface area (Å²) in [6, 6.07) is 3.30. The number of ether oxygens (including phenoxy) is 2. The number of benzene rings is 1. The Morgan fingerprint density at radius 1 is 1.10 bits per heavy atom. The van der Waals surface area contributed by atoms with E-state index in [1.165, 1.54) is 0 Å². The Balaban J connectivity index is 1.22. The number of anilines is 2. The lowest BCUT2D eigenvalue weighted by molar-refractivity contribution is 0.0122. The second-order valence-corrected chi connectivity index (χ2v) is 16.1. The number of aromatic nitrogens is 3. The highest BCUT2D eigenvalue weighted by molar-refractivity contribution is 6.32. The molecule has 8 rings (SSSR count). The molecular weight excluding hydrogens is 652 g/mol. The molecule has 4 atom stereocenters. The lowest BCUT2D eigenvalue weighted by Crippen LogP contribution is -2.57. The molecule has 3 aromatic rings. The highest BCUT2D eigenvalue weighted by atomic mass is 35.5. The standard InChI is InChI=1S/C36H44ClF2N7O3/c1-19-27-31(29(39)30(41-19)25-12-22(40)13-26(37)28(25)20-6-7-20)42-33(48-18-36-10-5-11-45(36)15-21(38)14-36)43-32(27)44-16-23-8-9-24(17-44)46(23)34(47)49-35(2,3)4/h12-13,20-21,23-24H,5-11,14-18,40H2,1-4H3/t21-,23-,24+,36+/m1/s1. The zero-order valence-electron chi connectivity index (χ0n) is 28.6. The van der Waals surface area contributed by atoms with Crippen molar-refractivity contribution in [3.05, 3.63) is 34.2 Å². The summed E-state index contributed by atoms with van der Waals surface area (Å²) in [6.45, 7) is 9.85. The van der Waals surface area contributed by atoms with Crippen LogP contribution in [-0.2, 0) is 4.74 Å². The van der Waals surface area contributed by atoms with Gasteiger partial charge in [0.05, 0.1) is 28.7 Å². The van der Waals surface area contributed by atoms with Crippen molar-refractivity contribution in [1.82, 2.24) is 24.8 Å². The Bertz CT molecular complexity index is 1820. The predicted molar refractivity (Wildman–Crippen MR) is 185 cm³/mol. The molecule has 10 nitrogen and oxygen atoms in total. The predicted octanol–water partition coefficient (Wildman–Crippen LogP) is 6.80. The molecule has 2 N–H and O–H groups in total. The molecule has 6 heterocycles. The van der Waals surface area contributed by atoms with E-state index in [-0.39, 0.29) is 47.9 Å². The monoisotopic (exact) mass is 695 g/mol.